The van der Waals surface area contributed by atoms with Crippen molar-refractivity contribution in [1.82, 2.24) is 5.32 Å². The number of nitrogens with two attached hydrogens (primary N) is 1. The number of fused-ring (bicyclic) bond motifs is 2. The number of aliphatic carboxylic acids is 1. The van der Waals surface area contributed by atoms with E-state index in [4.69, 9.17) is 15.6 Å². The zero-order valence-electron chi connectivity index (χ0n) is 12.2. The van der Waals surface area contributed by atoms with Gasteiger partial charge >= 0.3 is 5.97 Å². The quantitative estimate of drug-likeness (QED) is 0.799. The van der Waals surface area contributed by atoms with Crippen molar-refractivity contribution in [2.45, 2.75) is 18.5 Å². The fourth-order valence-electron chi connectivity index (χ4n) is 2.57. The number of amides is 1. The Bertz CT molecular complexity index is 714. The van der Waals surface area contributed by atoms with E-state index < -0.39 is 24.0 Å². The van der Waals surface area contributed by atoms with E-state index in [1.807, 2.05) is 48.5 Å². The monoisotopic (exact) mass is 312 g/mol. The van der Waals surface area contributed by atoms with Crippen LogP contribution < -0.4 is 15.8 Å². The maximum Gasteiger partial charge on any atom is 0.321 e. The molecule has 118 valence electrons. The highest BCUT2D eigenvalue weighted by molar-refractivity contribution is 5.84. The lowest BCUT2D eigenvalue weighted by molar-refractivity contribution is -0.140. The van der Waals surface area contributed by atoms with Gasteiger partial charge < -0.3 is 20.9 Å². The van der Waals surface area contributed by atoms with Crippen LogP contribution in [0.3, 0.4) is 0 Å². The third-order valence-electron chi connectivity index (χ3n) is 3.71. The molecule has 0 aliphatic carbocycles. The molecule has 6 heteroatoms. The summed E-state index contributed by atoms with van der Waals surface area (Å²) in [6.45, 7) is 0. The minimum absolute atomic E-state index is 0.281. The fraction of sp³-hybridized carbons (Fsp3) is 0.176. The molecule has 0 spiro atoms. The second-order valence-electron chi connectivity index (χ2n) is 5.33. The Morgan fingerprint density at radius 3 is 2.13 bits per heavy atom. The number of nitrogens with one attached hydrogen (secondary N) is 1. The summed E-state index contributed by atoms with van der Waals surface area (Å²) in [5.41, 5.74) is 7.07. The first-order chi connectivity index (χ1) is 11.1. The first kappa shape index (κ1) is 15.1. The lowest BCUT2D eigenvalue weighted by Crippen LogP contribution is -2.39. The number of carboxylic acid groups (broad SMARTS) is 1. The maximum absolute atomic E-state index is 12.2. The number of hydrogen-bond donors (Lipinski definition) is 3. The molecule has 0 radical (unpaired) electrons. The zero-order valence-corrected chi connectivity index (χ0v) is 12.2. The number of ether oxygens (including phenoxy) is 1. The van der Waals surface area contributed by atoms with Crippen LogP contribution in [-0.4, -0.2) is 23.0 Å². The summed E-state index contributed by atoms with van der Waals surface area (Å²) in [7, 11) is 0. The second kappa shape index (κ2) is 6.10. The molecule has 1 heterocycles. The summed E-state index contributed by atoms with van der Waals surface area (Å²) in [6, 6.07) is 13.2. The molecule has 23 heavy (non-hydrogen) atoms. The number of para-hydroxylation sites is 2. The molecule has 0 saturated carbocycles. The van der Waals surface area contributed by atoms with Gasteiger partial charge in [0.25, 0.3) is 0 Å². The van der Waals surface area contributed by atoms with Crippen LogP contribution in [0.15, 0.2) is 48.5 Å². The smallest absolute Gasteiger partial charge is 0.321 e. The summed E-state index contributed by atoms with van der Waals surface area (Å²) >= 11 is 0. The van der Waals surface area contributed by atoms with Gasteiger partial charge in [-0.15, -0.1) is 0 Å². The average Bonchev–Trinajstić information content (AvgIpc) is 2.54. The Labute approximate surface area is 132 Å². The van der Waals surface area contributed by atoms with Gasteiger partial charge in [-0.05, 0) is 12.1 Å². The standard InChI is InChI=1S/C17H16N2O4/c18-12(17(21)22)9-15(20)19-16-10-5-1-3-7-13(10)23-14-8-4-2-6-11(14)16/h1-8,12,16H,9,18H2,(H,19,20)(H,21,22)/t12-/m0/s1. The van der Waals surface area contributed by atoms with Gasteiger partial charge in [0.2, 0.25) is 5.91 Å². The fourth-order valence-corrected chi connectivity index (χ4v) is 2.57. The van der Waals surface area contributed by atoms with Crippen molar-refractivity contribution in [3.63, 3.8) is 0 Å². The number of carbonyl (C=O) groups is 2. The summed E-state index contributed by atoms with van der Waals surface area (Å²) in [5, 5.41) is 11.7. The molecule has 1 atom stereocenters. The molecule has 0 bridgehead atoms. The third kappa shape index (κ3) is 3.02. The van der Waals surface area contributed by atoms with E-state index in [1.165, 1.54) is 0 Å². The second-order valence-corrected chi connectivity index (χ2v) is 5.33. The van der Waals surface area contributed by atoms with Crippen LogP contribution in [0.5, 0.6) is 11.5 Å². The summed E-state index contributed by atoms with van der Waals surface area (Å²) in [4.78, 5) is 22.9. The van der Waals surface area contributed by atoms with Crippen molar-refractivity contribution >= 4 is 11.9 Å². The normalized spacial score (nSPS) is 14.1. The van der Waals surface area contributed by atoms with Crippen LogP contribution >= 0.6 is 0 Å². The molecular weight excluding hydrogens is 296 g/mol. The van der Waals surface area contributed by atoms with Crippen LogP contribution in [0.25, 0.3) is 0 Å². The lowest BCUT2D eigenvalue weighted by Gasteiger charge is -2.29. The van der Waals surface area contributed by atoms with Crippen LogP contribution in [0.4, 0.5) is 0 Å². The third-order valence-corrected chi connectivity index (χ3v) is 3.71. The SMILES string of the molecule is N[C@@H](CC(=O)NC1c2ccccc2Oc2ccccc21)C(=O)O. The summed E-state index contributed by atoms with van der Waals surface area (Å²) in [5.74, 6) is -0.289. The highest BCUT2D eigenvalue weighted by Gasteiger charge is 2.28. The Morgan fingerprint density at radius 1 is 1.09 bits per heavy atom. The molecule has 0 fully saturated rings. The van der Waals surface area contributed by atoms with Crippen molar-refractivity contribution in [1.29, 1.82) is 0 Å². The number of hydrogen-bond acceptors (Lipinski definition) is 4. The van der Waals surface area contributed by atoms with Crippen molar-refractivity contribution < 1.29 is 19.4 Å². The van der Waals surface area contributed by atoms with Crippen molar-refractivity contribution in [3.05, 3.63) is 59.7 Å². The van der Waals surface area contributed by atoms with Gasteiger partial charge in [-0.3, -0.25) is 9.59 Å². The largest absolute Gasteiger partial charge is 0.480 e. The van der Waals surface area contributed by atoms with E-state index in [9.17, 15) is 9.59 Å². The maximum atomic E-state index is 12.2. The Balaban J connectivity index is 1.89. The van der Waals surface area contributed by atoms with E-state index in [0.717, 1.165) is 11.1 Å². The molecule has 2 aromatic carbocycles. The Kier molecular flexibility index (Phi) is 3.99. The minimum atomic E-state index is -1.22. The van der Waals surface area contributed by atoms with E-state index in [1.54, 1.807) is 0 Å². The van der Waals surface area contributed by atoms with Gasteiger partial charge in [-0.25, -0.2) is 0 Å². The topological polar surface area (TPSA) is 102 Å². The number of carboxylic acids is 1. The molecule has 0 unspecified atom stereocenters. The molecule has 3 rings (SSSR count). The molecule has 1 amide bonds. The van der Waals surface area contributed by atoms with E-state index >= 15 is 0 Å². The number of rotatable bonds is 4. The van der Waals surface area contributed by atoms with Gasteiger partial charge in [0, 0.05) is 11.1 Å². The first-order valence-electron chi connectivity index (χ1n) is 7.19. The van der Waals surface area contributed by atoms with Crippen molar-refractivity contribution in [2.24, 2.45) is 5.73 Å². The highest BCUT2D eigenvalue weighted by Crippen LogP contribution is 2.42. The predicted octanol–water partition coefficient (Wildman–Crippen LogP) is 1.80. The van der Waals surface area contributed by atoms with Gasteiger partial charge in [0.1, 0.15) is 17.5 Å². The average molecular weight is 312 g/mol. The van der Waals surface area contributed by atoms with Gasteiger partial charge in [-0.1, -0.05) is 36.4 Å². The Hall–Kier alpha value is -2.86. The minimum Gasteiger partial charge on any atom is -0.480 e. The molecular formula is C17H16N2O4. The zero-order chi connectivity index (χ0) is 16.4. The first-order valence-corrected chi connectivity index (χ1v) is 7.19. The molecule has 6 nitrogen and oxygen atoms in total. The van der Waals surface area contributed by atoms with Crippen molar-refractivity contribution in [3.8, 4) is 11.5 Å². The van der Waals surface area contributed by atoms with Crippen LogP contribution in [-0.2, 0) is 9.59 Å². The number of benzene rings is 2. The van der Waals surface area contributed by atoms with E-state index in [2.05, 4.69) is 5.32 Å². The van der Waals surface area contributed by atoms with Crippen LogP contribution in [0.2, 0.25) is 0 Å². The van der Waals surface area contributed by atoms with E-state index in [-0.39, 0.29) is 6.42 Å². The molecule has 1 aliphatic heterocycles. The Morgan fingerprint density at radius 2 is 1.61 bits per heavy atom. The predicted molar refractivity (Wildman–Crippen MR) is 83.2 cm³/mol. The van der Waals surface area contributed by atoms with Crippen molar-refractivity contribution in [2.75, 3.05) is 0 Å². The van der Waals surface area contributed by atoms with Gasteiger partial charge in [0.05, 0.1) is 12.5 Å². The molecule has 0 saturated heterocycles. The number of carbonyl (C=O) groups excluding carboxylic acids is 1. The summed E-state index contributed by atoms with van der Waals surface area (Å²) < 4.78 is 5.84. The van der Waals surface area contributed by atoms with Gasteiger partial charge in [-0.2, -0.15) is 0 Å². The van der Waals surface area contributed by atoms with Gasteiger partial charge in [0.15, 0.2) is 0 Å². The summed E-state index contributed by atoms with van der Waals surface area (Å²) in [6.07, 6.45) is -0.281. The lowest BCUT2D eigenvalue weighted by atomic mass is 9.94. The molecule has 4 N–H and O–H groups in total. The molecule has 2 aromatic rings. The molecule has 1 aliphatic rings. The molecule has 0 aromatic heterocycles. The highest BCUT2D eigenvalue weighted by atomic mass is 16.5. The van der Waals surface area contributed by atoms with Crippen LogP contribution in [0.1, 0.15) is 23.6 Å². The van der Waals surface area contributed by atoms with E-state index in [0.29, 0.717) is 11.5 Å². The van der Waals surface area contributed by atoms with Crippen LogP contribution in [0, 0.1) is 0 Å².